The third-order valence-corrected chi connectivity index (χ3v) is 3.66. The Labute approximate surface area is 124 Å². The van der Waals surface area contributed by atoms with Crippen LogP contribution in [0, 0.1) is 0 Å². The number of nitrogens with two attached hydrogens (primary N) is 1. The van der Waals surface area contributed by atoms with Crippen LogP contribution in [0.1, 0.15) is 30.0 Å². The van der Waals surface area contributed by atoms with Gasteiger partial charge < -0.3 is 15.6 Å². The summed E-state index contributed by atoms with van der Waals surface area (Å²) in [4.78, 5) is 0. The van der Waals surface area contributed by atoms with Gasteiger partial charge in [0.25, 0.3) is 0 Å². The highest BCUT2D eigenvalue weighted by Gasteiger charge is 2.25. The molecule has 0 saturated heterocycles. The minimum absolute atomic E-state index is 0.251. The van der Waals surface area contributed by atoms with Crippen LogP contribution in [0.2, 0.25) is 0 Å². The van der Waals surface area contributed by atoms with Crippen LogP contribution >= 0.6 is 0 Å². The number of rotatable bonds is 7. The fraction of sp³-hybridized carbons (Fsp3) is 0.438. The van der Waals surface area contributed by atoms with Gasteiger partial charge in [0.1, 0.15) is 18.5 Å². The molecule has 1 fully saturated rings. The largest absolute Gasteiger partial charge is 0.491 e. The van der Waals surface area contributed by atoms with Gasteiger partial charge in [0.2, 0.25) is 0 Å². The Kier molecular flexibility index (Phi) is 4.22. The maximum absolute atomic E-state index is 10.0. The summed E-state index contributed by atoms with van der Waals surface area (Å²) >= 11 is 0. The average molecular weight is 287 g/mol. The summed E-state index contributed by atoms with van der Waals surface area (Å²) in [7, 11) is 0. The van der Waals surface area contributed by atoms with Gasteiger partial charge in [-0.2, -0.15) is 5.10 Å². The monoisotopic (exact) mass is 287 g/mol. The number of hydrogen-bond acceptors (Lipinski definition) is 4. The Hall–Kier alpha value is -1.85. The maximum Gasteiger partial charge on any atom is 0.119 e. The minimum Gasteiger partial charge on any atom is -0.491 e. The number of ether oxygens (including phenoxy) is 1. The predicted molar refractivity (Wildman–Crippen MR) is 80.0 cm³/mol. The van der Waals surface area contributed by atoms with E-state index in [1.54, 1.807) is 4.68 Å². The Morgan fingerprint density at radius 2 is 2.05 bits per heavy atom. The van der Waals surface area contributed by atoms with E-state index < -0.39 is 6.10 Å². The van der Waals surface area contributed by atoms with Crippen LogP contribution in [-0.2, 0) is 13.1 Å². The van der Waals surface area contributed by atoms with E-state index in [-0.39, 0.29) is 6.61 Å². The highest BCUT2D eigenvalue weighted by Crippen LogP contribution is 2.38. The van der Waals surface area contributed by atoms with Gasteiger partial charge in [-0.05, 0) is 36.6 Å². The molecule has 1 aliphatic carbocycles. The Morgan fingerprint density at radius 3 is 2.71 bits per heavy atom. The van der Waals surface area contributed by atoms with Crippen molar-refractivity contribution >= 4 is 0 Å². The second kappa shape index (κ2) is 6.28. The molecule has 1 aliphatic rings. The lowest BCUT2D eigenvalue weighted by molar-refractivity contribution is 0.0892. The van der Waals surface area contributed by atoms with Crippen molar-refractivity contribution in [2.75, 3.05) is 6.61 Å². The Balaban J connectivity index is 1.47. The average Bonchev–Trinajstić information content (AvgIpc) is 3.26. The summed E-state index contributed by atoms with van der Waals surface area (Å²) in [5.41, 5.74) is 7.75. The van der Waals surface area contributed by atoms with Crippen molar-refractivity contribution in [2.24, 2.45) is 5.73 Å². The summed E-state index contributed by atoms with van der Waals surface area (Å²) in [6.07, 6.45) is 3.82. The molecule has 0 spiro atoms. The van der Waals surface area contributed by atoms with E-state index in [2.05, 4.69) is 5.10 Å². The molecule has 2 aromatic rings. The van der Waals surface area contributed by atoms with E-state index >= 15 is 0 Å². The van der Waals surface area contributed by atoms with Crippen molar-refractivity contribution in [3.63, 3.8) is 0 Å². The van der Waals surface area contributed by atoms with Crippen molar-refractivity contribution in [3.8, 4) is 5.75 Å². The third kappa shape index (κ3) is 3.83. The molecule has 112 valence electrons. The van der Waals surface area contributed by atoms with E-state index in [4.69, 9.17) is 10.5 Å². The first-order chi connectivity index (χ1) is 10.2. The molecule has 0 aliphatic heterocycles. The fourth-order valence-electron chi connectivity index (χ4n) is 2.26. The van der Waals surface area contributed by atoms with Crippen molar-refractivity contribution in [1.29, 1.82) is 0 Å². The second-order valence-corrected chi connectivity index (χ2v) is 5.55. The van der Waals surface area contributed by atoms with Gasteiger partial charge in [-0.1, -0.05) is 12.1 Å². The van der Waals surface area contributed by atoms with Gasteiger partial charge in [0.15, 0.2) is 0 Å². The zero-order chi connectivity index (χ0) is 14.7. The van der Waals surface area contributed by atoms with E-state index in [0.717, 1.165) is 17.0 Å². The zero-order valence-corrected chi connectivity index (χ0v) is 12.0. The van der Waals surface area contributed by atoms with E-state index in [9.17, 15) is 5.11 Å². The maximum atomic E-state index is 10.0. The Morgan fingerprint density at radius 1 is 1.29 bits per heavy atom. The predicted octanol–water partition coefficient (Wildman–Crippen LogP) is 1.66. The molecular formula is C16H21N3O2. The number of aliphatic hydroxyl groups excluding tert-OH is 1. The first-order valence-electron chi connectivity index (χ1n) is 7.38. The molecule has 1 heterocycles. The van der Waals surface area contributed by atoms with E-state index in [1.807, 2.05) is 36.5 Å². The molecule has 21 heavy (non-hydrogen) atoms. The Bertz CT molecular complexity index is 575. The van der Waals surface area contributed by atoms with Crippen LogP contribution < -0.4 is 10.5 Å². The SMILES string of the molecule is NCc1ccc(OCC(O)Cn2ccc(C3CC3)n2)cc1. The quantitative estimate of drug-likeness (QED) is 0.812. The molecule has 3 rings (SSSR count). The summed E-state index contributed by atoms with van der Waals surface area (Å²) in [5, 5.41) is 14.5. The second-order valence-electron chi connectivity index (χ2n) is 5.55. The van der Waals surface area contributed by atoms with Gasteiger partial charge in [0, 0.05) is 18.7 Å². The molecule has 1 saturated carbocycles. The van der Waals surface area contributed by atoms with Gasteiger partial charge >= 0.3 is 0 Å². The van der Waals surface area contributed by atoms with Gasteiger partial charge in [-0.3, -0.25) is 4.68 Å². The normalized spacial score (nSPS) is 15.9. The fourth-order valence-corrected chi connectivity index (χ4v) is 2.26. The number of aromatic nitrogens is 2. The molecule has 0 radical (unpaired) electrons. The van der Waals surface area contributed by atoms with Crippen molar-refractivity contribution in [3.05, 3.63) is 47.8 Å². The standard InChI is InChI=1S/C16H21N3O2/c17-9-12-1-5-15(6-2-12)21-11-14(20)10-19-8-7-16(18-19)13-3-4-13/h1-2,5-8,13-14,20H,3-4,9-11,17H2. The number of hydrogen-bond donors (Lipinski definition) is 2. The smallest absolute Gasteiger partial charge is 0.119 e. The summed E-state index contributed by atoms with van der Waals surface area (Å²) < 4.78 is 7.37. The number of aliphatic hydroxyl groups is 1. The van der Waals surface area contributed by atoms with Crippen LogP contribution in [0.25, 0.3) is 0 Å². The van der Waals surface area contributed by atoms with Crippen LogP contribution in [0.3, 0.4) is 0 Å². The minimum atomic E-state index is -0.578. The summed E-state index contributed by atoms with van der Waals surface area (Å²) in [6, 6.07) is 9.63. The topological polar surface area (TPSA) is 73.3 Å². The molecule has 5 heteroatoms. The van der Waals surface area contributed by atoms with Crippen LogP contribution in [-0.4, -0.2) is 27.6 Å². The highest BCUT2D eigenvalue weighted by atomic mass is 16.5. The first kappa shape index (κ1) is 14.1. The van der Waals surface area contributed by atoms with Gasteiger partial charge in [-0.15, -0.1) is 0 Å². The van der Waals surface area contributed by atoms with Crippen LogP contribution in [0.4, 0.5) is 0 Å². The lowest BCUT2D eigenvalue weighted by Gasteiger charge is -2.12. The first-order valence-corrected chi connectivity index (χ1v) is 7.38. The highest BCUT2D eigenvalue weighted by molar-refractivity contribution is 5.27. The van der Waals surface area contributed by atoms with Crippen molar-refractivity contribution in [2.45, 2.75) is 38.0 Å². The van der Waals surface area contributed by atoms with Crippen LogP contribution in [0.5, 0.6) is 5.75 Å². The zero-order valence-electron chi connectivity index (χ0n) is 12.0. The molecular weight excluding hydrogens is 266 g/mol. The molecule has 0 amide bonds. The summed E-state index contributed by atoms with van der Waals surface area (Å²) in [6.45, 7) is 1.22. The number of benzene rings is 1. The molecule has 0 bridgehead atoms. The van der Waals surface area contributed by atoms with Crippen LogP contribution in [0.15, 0.2) is 36.5 Å². The molecule has 1 unspecified atom stereocenters. The van der Waals surface area contributed by atoms with Gasteiger partial charge in [0.05, 0.1) is 12.2 Å². The lowest BCUT2D eigenvalue weighted by atomic mass is 10.2. The van der Waals surface area contributed by atoms with E-state index in [1.165, 1.54) is 12.8 Å². The molecule has 1 atom stereocenters. The molecule has 1 aromatic carbocycles. The van der Waals surface area contributed by atoms with Crippen molar-refractivity contribution < 1.29 is 9.84 Å². The molecule has 1 aromatic heterocycles. The van der Waals surface area contributed by atoms with Crippen molar-refractivity contribution in [1.82, 2.24) is 9.78 Å². The molecule has 3 N–H and O–H groups in total. The molecule has 5 nitrogen and oxygen atoms in total. The third-order valence-electron chi connectivity index (χ3n) is 3.66. The number of nitrogens with zero attached hydrogens (tertiary/aromatic N) is 2. The lowest BCUT2D eigenvalue weighted by Crippen LogP contribution is -2.24. The van der Waals surface area contributed by atoms with Gasteiger partial charge in [-0.25, -0.2) is 0 Å². The summed E-state index contributed by atoms with van der Waals surface area (Å²) in [5.74, 6) is 1.38. The van der Waals surface area contributed by atoms with E-state index in [0.29, 0.717) is 19.0 Å².